The molecule has 1 unspecified atom stereocenters. The Labute approximate surface area is 108 Å². The van der Waals surface area contributed by atoms with Crippen molar-refractivity contribution in [1.29, 1.82) is 0 Å². The monoisotopic (exact) mass is 280 g/mol. The van der Waals surface area contributed by atoms with E-state index in [0.29, 0.717) is 10.8 Å². The quantitative estimate of drug-likeness (QED) is 0.839. The molecule has 0 aliphatic carbocycles. The van der Waals surface area contributed by atoms with Crippen LogP contribution < -0.4 is 4.74 Å². The van der Waals surface area contributed by atoms with E-state index in [1.807, 2.05) is 0 Å². The van der Waals surface area contributed by atoms with Crippen molar-refractivity contribution in [1.82, 2.24) is 0 Å². The van der Waals surface area contributed by atoms with Crippen LogP contribution in [-0.4, -0.2) is 30.6 Å². The van der Waals surface area contributed by atoms with Gasteiger partial charge in [0, 0.05) is 5.02 Å². The summed E-state index contributed by atoms with van der Waals surface area (Å²) in [4.78, 5) is 10.5. The molecule has 1 N–H and O–H groups in total. The maximum atomic E-state index is 10.5. The molecule has 5 nitrogen and oxygen atoms in total. The third-order valence-corrected chi connectivity index (χ3v) is 2.09. The highest BCUT2D eigenvalue weighted by molar-refractivity contribution is 6.30. The molecule has 0 fully saturated rings. The highest BCUT2D eigenvalue weighted by Gasteiger charge is 2.10. The van der Waals surface area contributed by atoms with Gasteiger partial charge in [0.05, 0.1) is 0 Å². The van der Waals surface area contributed by atoms with E-state index in [4.69, 9.17) is 28.2 Å². The molecular formula is C10H10Cl2O5. The van der Waals surface area contributed by atoms with E-state index in [1.165, 1.54) is 0 Å². The van der Waals surface area contributed by atoms with Crippen LogP contribution in [0.5, 0.6) is 5.75 Å². The summed E-state index contributed by atoms with van der Waals surface area (Å²) < 4.78 is 13.4. The third-order valence-electron chi connectivity index (χ3n) is 1.71. The Morgan fingerprint density at radius 2 is 1.94 bits per heavy atom. The third kappa shape index (κ3) is 5.63. The van der Waals surface area contributed by atoms with Crippen LogP contribution in [0.15, 0.2) is 24.3 Å². The van der Waals surface area contributed by atoms with Crippen molar-refractivity contribution in [2.75, 3.05) is 13.2 Å². The lowest BCUT2D eigenvalue weighted by atomic mass is 10.3. The molecule has 1 aromatic rings. The van der Waals surface area contributed by atoms with E-state index >= 15 is 0 Å². The van der Waals surface area contributed by atoms with Crippen molar-refractivity contribution < 1.29 is 23.7 Å². The Hall–Kier alpha value is -1.17. The molecule has 0 bridgehead atoms. The second-order valence-electron chi connectivity index (χ2n) is 3.06. The lowest BCUT2D eigenvalue weighted by molar-refractivity contribution is 0.0241. The van der Waals surface area contributed by atoms with Crippen molar-refractivity contribution in [2.45, 2.75) is 6.10 Å². The molecule has 0 aliphatic rings. The topological polar surface area (TPSA) is 65.0 Å². The summed E-state index contributed by atoms with van der Waals surface area (Å²) in [6.07, 6.45) is -2.04. The van der Waals surface area contributed by atoms with Gasteiger partial charge in [-0.05, 0) is 24.3 Å². The van der Waals surface area contributed by atoms with Gasteiger partial charge < -0.3 is 18.9 Å². The Balaban J connectivity index is 2.25. The summed E-state index contributed by atoms with van der Waals surface area (Å²) in [5, 5.41) is 9.97. The van der Waals surface area contributed by atoms with Gasteiger partial charge in [-0.25, -0.2) is 4.79 Å². The first-order chi connectivity index (χ1) is 8.11. The van der Waals surface area contributed by atoms with Gasteiger partial charge in [-0.1, -0.05) is 11.6 Å². The van der Waals surface area contributed by atoms with Gasteiger partial charge in [0.2, 0.25) is 0 Å². The van der Waals surface area contributed by atoms with Crippen LogP contribution in [0.2, 0.25) is 5.02 Å². The predicted molar refractivity (Wildman–Crippen MR) is 61.2 cm³/mol. The minimum absolute atomic E-state index is 0.0306. The number of carbonyl (C=O) groups is 1. The van der Waals surface area contributed by atoms with E-state index in [0.717, 1.165) is 0 Å². The molecule has 0 saturated heterocycles. The van der Waals surface area contributed by atoms with Crippen molar-refractivity contribution >= 4 is 29.6 Å². The summed E-state index contributed by atoms with van der Waals surface area (Å²) >= 11 is 10.4. The highest BCUT2D eigenvalue weighted by atomic mass is 35.5. The molecule has 94 valence electrons. The largest absolute Gasteiger partial charge is 0.527 e. The van der Waals surface area contributed by atoms with Crippen molar-refractivity contribution in [2.24, 2.45) is 0 Å². The van der Waals surface area contributed by atoms with Crippen LogP contribution in [0.25, 0.3) is 0 Å². The smallest absolute Gasteiger partial charge is 0.491 e. The number of aliphatic hydroxyl groups excluding tert-OH is 1. The molecule has 0 amide bonds. The van der Waals surface area contributed by atoms with Crippen LogP contribution in [0, 0.1) is 0 Å². The number of halogens is 2. The molecule has 7 heteroatoms. The summed E-state index contributed by atoms with van der Waals surface area (Å²) in [7, 11) is 0. The zero-order valence-corrected chi connectivity index (χ0v) is 10.1. The van der Waals surface area contributed by atoms with Gasteiger partial charge in [0.15, 0.2) is 0 Å². The molecule has 1 atom stereocenters. The number of hydrogen-bond donors (Lipinski definition) is 1. The first-order valence-corrected chi connectivity index (χ1v) is 5.32. The molecule has 0 saturated carbocycles. The van der Waals surface area contributed by atoms with E-state index < -0.39 is 12.3 Å². The van der Waals surface area contributed by atoms with Crippen LogP contribution in [-0.2, 0) is 9.03 Å². The van der Waals surface area contributed by atoms with Gasteiger partial charge in [-0.2, -0.15) is 0 Å². The Bertz CT molecular complexity index is 354. The normalized spacial score (nSPS) is 11.7. The van der Waals surface area contributed by atoms with E-state index in [9.17, 15) is 9.90 Å². The van der Waals surface area contributed by atoms with Gasteiger partial charge >= 0.3 is 6.16 Å². The second kappa shape index (κ2) is 7.21. The molecule has 0 aromatic heterocycles. The minimum Gasteiger partial charge on any atom is -0.491 e. The van der Waals surface area contributed by atoms with Crippen molar-refractivity contribution in [3.63, 3.8) is 0 Å². The average molecular weight is 281 g/mol. The predicted octanol–water partition coefficient (Wildman–Crippen LogP) is 2.39. The summed E-state index contributed by atoms with van der Waals surface area (Å²) in [5.74, 6) is 0.549. The van der Waals surface area contributed by atoms with Crippen LogP contribution >= 0.6 is 23.5 Å². The van der Waals surface area contributed by atoms with Gasteiger partial charge in [-0.15, -0.1) is 0 Å². The van der Waals surface area contributed by atoms with Gasteiger partial charge in [0.1, 0.15) is 36.9 Å². The molecule has 17 heavy (non-hydrogen) atoms. The van der Waals surface area contributed by atoms with Crippen LogP contribution in [0.4, 0.5) is 4.79 Å². The molecule has 1 rings (SSSR count). The minimum atomic E-state index is -1.07. The maximum absolute atomic E-state index is 10.5. The number of carbonyl (C=O) groups excluding carboxylic acids is 1. The van der Waals surface area contributed by atoms with Crippen LogP contribution in [0.3, 0.4) is 0 Å². The molecule has 1 aromatic carbocycles. The summed E-state index contributed by atoms with van der Waals surface area (Å²) in [5.41, 5.74) is 0. The Morgan fingerprint density at radius 3 is 2.53 bits per heavy atom. The maximum Gasteiger partial charge on any atom is 0.527 e. The molecule has 0 radical (unpaired) electrons. The van der Waals surface area contributed by atoms with E-state index in [1.54, 1.807) is 24.3 Å². The summed E-state index contributed by atoms with van der Waals surface area (Å²) in [6, 6.07) is 6.63. The number of rotatable bonds is 5. The number of benzene rings is 1. The molecule has 0 heterocycles. The second-order valence-corrected chi connectivity index (χ2v) is 3.65. The first-order valence-electron chi connectivity index (χ1n) is 4.63. The van der Waals surface area contributed by atoms with Crippen molar-refractivity contribution in [3.8, 4) is 5.75 Å². The fraction of sp³-hybridized carbons (Fsp3) is 0.300. The van der Waals surface area contributed by atoms with Crippen molar-refractivity contribution in [3.05, 3.63) is 29.3 Å². The first kappa shape index (κ1) is 13.9. The molecular weight excluding hydrogens is 271 g/mol. The fourth-order valence-electron chi connectivity index (χ4n) is 0.958. The zero-order valence-electron chi connectivity index (χ0n) is 8.64. The SMILES string of the molecule is O=C(OCl)OCC(O)COc1ccc(Cl)cc1. The highest BCUT2D eigenvalue weighted by Crippen LogP contribution is 2.15. The van der Waals surface area contributed by atoms with Crippen LogP contribution in [0.1, 0.15) is 0 Å². The number of hydrogen-bond acceptors (Lipinski definition) is 5. The fourth-order valence-corrected chi connectivity index (χ4v) is 1.13. The van der Waals surface area contributed by atoms with E-state index in [-0.39, 0.29) is 13.2 Å². The molecule has 0 spiro atoms. The average Bonchev–Trinajstić information content (AvgIpc) is 2.35. The lowest BCUT2D eigenvalue weighted by Crippen LogP contribution is -2.24. The van der Waals surface area contributed by atoms with Gasteiger partial charge in [0.25, 0.3) is 0 Å². The molecule has 0 aliphatic heterocycles. The summed E-state index contributed by atoms with van der Waals surface area (Å²) in [6.45, 7) is -0.295. The zero-order chi connectivity index (χ0) is 12.7. The number of aliphatic hydroxyl groups is 1. The number of ether oxygens (including phenoxy) is 2. The van der Waals surface area contributed by atoms with E-state index in [2.05, 4.69) is 9.03 Å². The Kier molecular flexibility index (Phi) is 5.90. The lowest BCUT2D eigenvalue weighted by Gasteiger charge is -2.11. The standard InChI is InChI=1S/C10H10Cl2O5/c11-7-1-3-9(4-2-7)15-5-8(13)6-16-10(14)17-12/h1-4,8,13H,5-6H2. The Morgan fingerprint density at radius 1 is 1.29 bits per heavy atom. The van der Waals surface area contributed by atoms with Gasteiger partial charge in [-0.3, -0.25) is 0 Å².